The first-order valence-corrected chi connectivity index (χ1v) is 9.56. The van der Waals surface area contributed by atoms with Crippen molar-refractivity contribution in [1.82, 2.24) is 4.31 Å². The molecule has 0 aromatic carbocycles. The van der Waals surface area contributed by atoms with Crippen molar-refractivity contribution in [2.75, 3.05) is 24.6 Å². The van der Waals surface area contributed by atoms with E-state index in [2.05, 4.69) is 0 Å². The maximum Gasteiger partial charge on any atom is 0.214 e. The largest absolute Gasteiger partial charge is 0.228 e. The second kappa shape index (κ2) is 5.46. The molecule has 0 saturated carbocycles. The van der Waals surface area contributed by atoms with E-state index in [0.717, 1.165) is 0 Å². The summed E-state index contributed by atoms with van der Waals surface area (Å²) in [5, 5.41) is -0.512. The van der Waals surface area contributed by atoms with Crippen LogP contribution in [-0.2, 0) is 19.9 Å². The van der Waals surface area contributed by atoms with Gasteiger partial charge < -0.3 is 0 Å². The van der Waals surface area contributed by atoms with Crippen LogP contribution in [0.4, 0.5) is 0 Å². The third-order valence-electron chi connectivity index (χ3n) is 2.83. The Morgan fingerprint density at radius 1 is 0.944 bits per heavy atom. The van der Waals surface area contributed by atoms with Gasteiger partial charge in [-0.3, -0.25) is 0 Å². The molecule has 18 heavy (non-hydrogen) atoms. The molecule has 108 valence electrons. The van der Waals surface area contributed by atoms with Crippen LogP contribution in [-0.4, -0.2) is 51.0 Å². The smallest absolute Gasteiger partial charge is 0.214 e. The number of sulfone groups is 1. The summed E-state index contributed by atoms with van der Waals surface area (Å²) in [5.41, 5.74) is 0. The van der Waals surface area contributed by atoms with E-state index in [1.807, 2.05) is 27.7 Å². The lowest BCUT2D eigenvalue weighted by Gasteiger charge is -2.38. The average molecular weight is 297 g/mol. The van der Waals surface area contributed by atoms with Crippen LogP contribution < -0.4 is 0 Å². The summed E-state index contributed by atoms with van der Waals surface area (Å²) in [6, 6.07) is 0. The number of hydrogen-bond acceptors (Lipinski definition) is 4. The molecule has 0 unspecified atom stereocenters. The molecule has 5 nitrogen and oxygen atoms in total. The zero-order chi connectivity index (χ0) is 14.1. The van der Waals surface area contributed by atoms with Gasteiger partial charge in [0.25, 0.3) is 0 Å². The number of nitrogens with zero attached hydrogens (tertiary/aromatic N) is 1. The van der Waals surface area contributed by atoms with Gasteiger partial charge in [-0.05, 0) is 11.8 Å². The topological polar surface area (TPSA) is 71.5 Å². The molecule has 0 aromatic heterocycles. The van der Waals surface area contributed by atoms with Crippen molar-refractivity contribution >= 4 is 19.9 Å². The quantitative estimate of drug-likeness (QED) is 0.724. The summed E-state index contributed by atoms with van der Waals surface area (Å²) in [7, 11) is -6.43. The normalized spacial score (nSPS) is 19.4. The molecule has 0 N–H and O–H groups in total. The lowest BCUT2D eigenvalue weighted by Crippen LogP contribution is -2.58. The van der Waals surface area contributed by atoms with Crippen LogP contribution in [0.5, 0.6) is 0 Å². The van der Waals surface area contributed by atoms with Crippen molar-refractivity contribution in [2.24, 2.45) is 11.8 Å². The monoisotopic (exact) mass is 297 g/mol. The average Bonchev–Trinajstić information content (AvgIpc) is 1.91. The molecule has 0 bridgehead atoms. The van der Waals surface area contributed by atoms with Gasteiger partial charge in [0.2, 0.25) is 10.0 Å². The van der Waals surface area contributed by atoms with E-state index < -0.39 is 25.1 Å². The fourth-order valence-corrected chi connectivity index (χ4v) is 6.05. The molecular formula is C11H23NO4S2. The third kappa shape index (κ3) is 3.93. The Morgan fingerprint density at radius 3 is 1.78 bits per heavy atom. The first-order chi connectivity index (χ1) is 8.04. The minimum atomic E-state index is -3.28. The van der Waals surface area contributed by atoms with Gasteiger partial charge in [0.15, 0.2) is 9.84 Å². The molecule has 0 atom stereocenters. The molecule has 1 fully saturated rings. The molecule has 0 spiro atoms. The summed E-state index contributed by atoms with van der Waals surface area (Å²) >= 11 is 0. The maximum atomic E-state index is 11.9. The first-order valence-electron chi connectivity index (χ1n) is 6.24. The van der Waals surface area contributed by atoms with E-state index in [0.29, 0.717) is 0 Å². The molecule has 7 heteroatoms. The van der Waals surface area contributed by atoms with Crippen LogP contribution in [0, 0.1) is 11.8 Å². The molecule has 1 aliphatic heterocycles. The molecule has 1 saturated heterocycles. The standard InChI is InChI=1S/C11H23NO4S2/c1-9(2)7-17(13,14)11-5-12(6-11)18(15,16)8-10(3)4/h9-11H,5-8H2,1-4H3. The summed E-state index contributed by atoms with van der Waals surface area (Å²) in [6.45, 7) is 7.63. The van der Waals surface area contributed by atoms with E-state index in [-0.39, 0.29) is 36.4 Å². The molecular weight excluding hydrogens is 274 g/mol. The minimum absolute atomic E-state index is 0.0568. The van der Waals surface area contributed by atoms with Crippen molar-refractivity contribution in [3.63, 3.8) is 0 Å². The van der Waals surface area contributed by atoms with Crippen molar-refractivity contribution in [1.29, 1.82) is 0 Å². The lowest BCUT2D eigenvalue weighted by molar-refractivity contribution is 0.307. The van der Waals surface area contributed by atoms with Gasteiger partial charge in [0.05, 0.1) is 16.8 Å². The molecule has 1 heterocycles. The highest BCUT2D eigenvalue weighted by Crippen LogP contribution is 2.23. The molecule has 1 rings (SSSR count). The molecule has 0 aromatic rings. The Hall–Kier alpha value is -0.140. The van der Waals surface area contributed by atoms with Gasteiger partial charge in [-0.15, -0.1) is 0 Å². The summed E-state index contributed by atoms with van der Waals surface area (Å²) < 4.78 is 48.8. The third-order valence-corrected chi connectivity index (χ3v) is 7.44. The molecule has 0 amide bonds. The highest BCUT2D eigenvalue weighted by Gasteiger charge is 2.42. The van der Waals surface area contributed by atoms with Gasteiger partial charge in [-0.2, -0.15) is 4.31 Å². The van der Waals surface area contributed by atoms with Crippen molar-refractivity contribution in [3.05, 3.63) is 0 Å². The second-order valence-electron chi connectivity index (χ2n) is 5.83. The second-order valence-corrected chi connectivity index (χ2v) is 10.2. The van der Waals surface area contributed by atoms with Crippen LogP contribution in [0.3, 0.4) is 0 Å². The summed E-state index contributed by atoms with van der Waals surface area (Å²) in [5.74, 6) is 0.359. The molecule has 1 aliphatic rings. The highest BCUT2D eigenvalue weighted by atomic mass is 32.2. The SMILES string of the molecule is CC(C)CS(=O)(=O)C1CN(S(=O)(=O)CC(C)C)C1. The van der Waals surface area contributed by atoms with Crippen LogP contribution >= 0.6 is 0 Å². The van der Waals surface area contributed by atoms with E-state index in [4.69, 9.17) is 0 Å². The molecule has 0 aliphatic carbocycles. The Bertz CT molecular complexity index is 429. The van der Waals surface area contributed by atoms with Crippen molar-refractivity contribution in [3.8, 4) is 0 Å². The van der Waals surface area contributed by atoms with Crippen LogP contribution in [0.1, 0.15) is 27.7 Å². The summed E-state index contributed by atoms with van der Waals surface area (Å²) in [4.78, 5) is 0. The van der Waals surface area contributed by atoms with Gasteiger partial charge >= 0.3 is 0 Å². The van der Waals surface area contributed by atoms with Gasteiger partial charge in [-0.25, -0.2) is 16.8 Å². The van der Waals surface area contributed by atoms with Crippen LogP contribution in [0.2, 0.25) is 0 Å². The van der Waals surface area contributed by atoms with Gasteiger partial charge in [0, 0.05) is 13.1 Å². The Balaban J connectivity index is 2.59. The van der Waals surface area contributed by atoms with E-state index in [1.165, 1.54) is 4.31 Å². The van der Waals surface area contributed by atoms with Crippen molar-refractivity contribution in [2.45, 2.75) is 32.9 Å². The van der Waals surface area contributed by atoms with E-state index in [9.17, 15) is 16.8 Å². The number of sulfonamides is 1. The predicted octanol–water partition coefficient (Wildman–Crippen LogP) is 0.727. The number of rotatable bonds is 6. The lowest BCUT2D eigenvalue weighted by atomic mass is 10.3. The highest BCUT2D eigenvalue weighted by molar-refractivity contribution is 7.92. The maximum absolute atomic E-state index is 11.9. The fourth-order valence-electron chi connectivity index (χ4n) is 1.98. The van der Waals surface area contributed by atoms with Crippen LogP contribution in [0.15, 0.2) is 0 Å². The first kappa shape index (κ1) is 15.9. The van der Waals surface area contributed by atoms with E-state index >= 15 is 0 Å². The number of hydrogen-bond donors (Lipinski definition) is 0. The van der Waals surface area contributed by atoms with Gasteiger partial charge in [0.1, 0.15) is 0 Å². The van der Waals surface area contributed by atoms with E-state index in [1.54, 1.807) is 0 Å². The Kier molecular flexibility index (Phi) is 4.83. The fraction of sp³-hybridized carbons (Fsp3) is 1.00. The predicted molar refractivity (Wildman–Crippen MR) is 72.6 cm³/mol. The molecule has 0 radical (unpaired) electrons. The van der Waals surface area contributed by atoms with Crippen molar-refractivity contribution < 1.29 is 16.8 Å². The summed E-state index contributed by atoms with van der Waals surface area (Å²) in [6.07, 6.45) is 0. The van der Waals surface area contributed by atoms with Gasteiger partial charge in [-0.1, -0.05) is 27.7 Å². The zero-order valence-electron chi connectivity index (χ0n) is 11.5. The Morgan fingerprint density at radius 2 is 1.39 bits per heavy atom. The Labute approximate surface area is 111 Å². The minimum Gasteiger partial charge on any atom is -0.228 e. The zero-order valence-corrected chi connectivity index (χ0v) is 13.1. The van der Waals surface area contributed by atoms with Crippen LogP contribution in [0.25, 0.3) is 0 Å².